The van der Waals surface area contributed by atoms with E-state index in [4.69, 9.17) is 12.2 Å². The molecule has 2 aromatic carbocycles. The molecule has 0 atom stereocenters. The third kappa shape index (κ3) is 4.85. The minimum Gasteiger partial charge on any atom is -0.350 e. The molecule has 32 heavy (non-hydrogen) atoms. The lowest BCUT2D eigenvalue weighted by Gasteiger charge is -2.25. The van der Waals surface area contributed by atoms with Gasteiger partial charge >= 0.3 is 0 Å². The standard InChI is InChI=1S/C23H27N5O2S2/c1-17-6-8-19(9-7-17)25-23(31)26-24-15-18-16-27(2)22-11-10-20(14-21(18)22)32(29,30)28-12-4-3-5-13-28/h6-11,14-16H,3-5,12-13H2,1-2H3,(H2,25,26,31). The van der Waals surface area contributed by atoms with Crippen molar-refractivity contribution in [1.82, 2.24) is 14.3 Å². The van der Waals surface area contributed by atoms with Gasteiger partial charge in [0.15, 0.2) is 5.11 Å². The maximum Gasteiger partial charge on any atom is 0.243 e. The van der Waals surface area contributed by atoms with E-state index in [-0.39, 0.29) is 0 Å². The van der Waals surface area contributed by atoms with E-state index in [1.165, 1.54) is 5.56 Å². The van der Waals surface area contributed by atoms with Gasteiger partial charge < -0.3 is 9.88 Å². The van der Waals surface area contributed by atoms with Crippen molar-refractivity contribution in [2.24, 2.45) is 12.1 Å². The molecule has 0 amide bonds. The van der Waals surface area contributed by atoms with Crippen LogP contribution in [0.15, 0.2) is 58.7 Å². The Balaban J connectivity index is 1.52. The average Bonchev–Trinajstić information content (AvgIpc) is 3.11. The van der Waals surface area contributed by atoms with Gasteiger partial charge in [-0.15, -0.1) is 0 Å². The molecule has 2 heterocycles. The van der Waals surface area contributed by atoms with Gasteiger partial charge in [-0.2, -0.15) is 9.41 Å². The van der Waals surface area contributed by atoms with Crippen LogP contribution < -0.4 is 10.7 Å². The van der Waals surface area contributed by atoms with Gasteiger partial charge in [-0.1, -0.05) is 24.1 Å². The highest BCUT2D eigenvalue weighted by Crippen LogP contribution is 2.26. The van der Waals surface area contributed by atoms with Crippen molar-refractivity contribution in [2.45, 2.75) is 31.1 Å². The molecule has 7 nitrogen and oxygen atoms in total. The van der Waals surface area contributed by atoms with E-state index in [1.807, 2.05) is 55.1 Å². The quantitative estimate of drug-likeness (QED) is 0.336. The molecule has 0 spiro atoms. The minimum atomic E-state index is -3.50. The first-order chi connectivity index (χ1) is 15.3. The fourth-order valence-electron chi connectivity index (χ4n) is 3.88. The number of piperidine rings is 1. The summed E-state index contributed by atoms with van der Waals surface area (Å²) >= 11 is 5.30. The molecule has 0 bridgehead atoms. The van der Waals surface area contributed by atoms with E-state index in [0.717, 1.165) is 41.4 Å². The number of thiocarbonyl (C=S) groups is 1. The lowest BCUT2D eigenvalue weighted by molar-refractivity contribution is 0.346. The Morgan fingerprint density at radius 3 is 2.53 bits per heavy atom. The topological polar surface area (TPSA) is 78.7 Å². The summed E-state index contributed by atoms with van der Waals surface area (Å²) in [7, 11) is -1.57. The number of hydrogen-bond acceptors (Lipinski definition) is 4. The first kappa shape index (κ1) is 22.4. The minimum absolute atomic E-state index is 0.317. The number of anilines is 1. The van der Waals surface area contributed by atoms with Crippen LogP contribution >= 0.6 is 12.2 Å². The third-order valence-electron chi connectivity index (χ3n) is 5.62. The maximum atomic E-state index is 13.1. The van der Waals surface area contributed by atoms with E-state index in [2.05, 4.69) is 15.8 Å². The summed E-state index contributed by atoms with van der Waals surface area (Å²) in [5, 5.41) is 8.53. The average molecular weight is 470 g/mol. The Bertz CT molecular complexity index is 1260. The Labute approximate surface area is 194 Å². The summed E-state index contributed by atoms with van der Waals surface area (Å²) in [5.41, 5.74) is 6.61. The molecule has 9 heteroatoms. The van der Waals surface area contributed by atoms with E-state index in [9.17, 15) is 8.42 Å². The summed E-state index contributed by atoms with van der Waals surface area (Å²) < 4.78 is 29.7. The van der Waals surface area contributed by atoms with Gasteiger partial charge in [0.2, 0.25) is 10.0 Å². The summed E-state index contributed by atoms with van der Waals surface area (Å²) in [6, 6.07) is 13.2. The van der Waals surface area contributed by atoms with Gasteiger partial charge in [0.05, 0.1) is 11.1 Å². The second-order valence-electron chi connectivity index (χ2n) is 8.03. The summed E-state index contributed by atoms with van der Waals surface area (Å²) in [4.78, 5) is 0.317. The second kappa shape index (κ2) is 9.40. The van der Waals surface area contributed by atoms with Crippen molar-refractivity contribution in [3.63, 3.8) is 0 Å². The molecule has 3 aromatic rings. The third-order valence-corrected chi connectivity index (χ3v) is 7.71. The number of rotatable bonds is 5. The van der Waals surface area contributed by atoms with Crippen LogP contribution in [0.25, 0.3) is 10.9 Å². The molecule has 4 rings (SSSR count). The molecule has 1 fully saturated rings. The van der Waals surface area contributed by atoms with E-state index < -0.39 is 10.0 Å². The van der Waals surface area contributed by atoms with Crippen LogP contribution in [0.2, 0.25) is 0 Å². The zero-order valence-corrected chi connectivity index (χ0v) is 19.8. The second-order valence-corrected chi connectivity index (χ2v) is 10.4. The number of sulfonamides is 1. The van der Waals surface area contributed by atoms with Crippen molar-refractivity contribution in [3.05, 3.63) is 59.8 Å². The summed E-state index contributed by atoms with van der Waals surface area (Å²) in [6.45, 7) is 3.19. The largest absolute Gasteiger partial charge is 0.350 e. The normalized spacial score (nSPS) is 15.3. The smallest absolute Gasteiger partial charge is 0.243 e. The van der Waals surface area contributed by atoms with E-state index in [1.54, 1.807) is 22.7 Å². The Kier molecular flexibility index (Phi) is 6.59. The van der Waals surface area contributed by atoms with Gasteiger partial charge in [-0.25, -0.2) is 8.42 Å². The Morgan fingerprint density at radius 1 is 1.09 bits per heavy atom. The van der Waals surface area contributed by atoms with Crippen molar-refractivity contribution >= 4 is 50.2 Å². The molecular formula is C23H27N5O2S2. The highest BCUT2D eigenvalue weighted by Gasteiger charge is 2.26. The Hall–Kier alpha value is -2.75. The molecule has 0 radical (unpaired) electrons. The lowest BCUT2D eigenvalue weighted by atomic mass is 10.2. The SMILES string of the molecule is Cc1ccc(NC(=S)NN=Cc2cn(C)c3ccc(S(=O)(=O)N4CCCCC4)cc23)cc1. The molecular weight excluding hydrogens is 442 g/mol. The van der Waals surface area contributed by atoms with E-state index >= 15 is 0 Å². The first-order valence-electron chi connectivity index (χ1n) is 10.6. The molecule has 1 aliphatic heterocycles. The molecule has 0 aliphatic carbocycles. The number of aromatic nitrogens is 1. The highest BCUT2D eigenvalue weighted by molar-refractivity contribution is 7.89. The highest BCUT2D eigenvalue weighted by atomic mass is 32.2. The predicted octanol–water partition coefficient (Wildman–Crippen LogP) is 3.98. The van der Waals surface area contributed by atoms with Crippen LogP contribution in [0.1, 0.15) is 30.4 Å². The van der Waals surface area contributed by atoms with Crippen molar-refractivity contribution in [1.29, 1.82) is 0 Å². The number of hydrazone groups is 1. The van der Waals surface area contributed by atoms with Crippen molar-refractivity contribution < 1.29 is 8.42 Å². The Morgan fingerprint density at radius 2 is 1.81 bits per heavy atom. The number of nitrogens with one attached hydrogen (secondary N) is 2. The van der Waals surface area contributed by atoms with E-state index in [0.29, 0.717) is 23.1 Å². The molecule has 0 unspecified atom stereocenters. The monoisotopic (exact) mass is 469 g/mol. The molecule has 1 aliphatic rings. The first-order valence-corrected chi connectivity index (χ1v) is 12.5. The number of benzene rings is 2. The van der Waals surface area contributed by atoms with Gasteiger partial charge in [-0.3, -0.25) is 5.43 Å². The van der Waals surface area contributed by atoms with Crippen LogP contribution in [0.5, 0.6) is 0 Å². The van der Waals surface area contributed by atoms with Crippen molar-refractivity contribution in [2.75, 3.05) is 18.4 Å². The molecule has 2 N–H and O–H groups in total. The zero-order chi connectivity index (χ0) is 22.7. The molecule has 1 aromatic heterocycles. The van der Waals surface area contributed by atoms with Crippen LogP contribution in [0, 0.1) is 6.92 Å². The fraction of sp³-hybridized carbons (Fsp3) is 0.304. The maximum absolute atomic E-state index is 13.1. The number of fused-ring (bicyclic) bond motifs is 1. The zero-order valence-electron chi connectivity index (χ0n) is 18.2. The molecule has 1 saturated heterocycles. The van der Waals surface area contributed by atoms with Crippen LogP contribution in [-0.4, -0.2) is 41.7 Å². The van der Waals surface area contributed by atoms with Crippen LogP contribution in [0.3, 0.4) is 0 Å². The van der Waals surface area contributed by atoms with Crippen molar-refractivity contribution in [3.8, 4) is 0 Å². The number of aryl methyl sites for hydroxylation is 2. The van der Waals surface area contributed by atoms with Gasteiger partial charge in [0.25, 0.3) is 0 Å². The van der Waals surface area contributed by atoms with Crippen LogP contribution in [0.4, 0.5) is 5.69 Å². The number of nitrogens with zero attached hydrogens (tertiary/aromatic N) is 3. The van der Waals surface area contributed by atoms with Gasteiger partial charge in [0, 0.05) is 48.5 Å². The van der Waals surface area contributed by atoms with Gasteiger partial charge in [0.1, 0.15) is 0 Å². The predicted molar refractivity (Wildman–Crippen MR) is 134 cm³/mol. The summed E-state index contributed by atoms with van der Waals surface area (Å²) in [5.74, 6) is 0. The fourth-order valence-corrected chi connectivity index (χ4v) is 5.59. The molecule has 168 valence electrons. The number of hydrogen-bond donors (Lipinski definition) is 2. The lowest BCUT2D eigenvalue weighted by Crippen LogP contribution is -2.35. The molecule has 0 saturated carbocycles. The van der Waals surface area contributed by atoms with Crippen LogP contribution in [-0.2, 0) is 17.1 Å². The summed E-state index contributed by atoms with van der Waals surface area (Å²) in [6.07, 6.45) is 6.48. The van der Waals surface area contributed by atoms with Gasteiger partial charge in [-0.05, 0) is 62.3 Å².